The summed E-state index contributed by atoms with van der Waals surface area (Å²) in [6, 6.07) is 7.48. The zero-order chi connectivity index (χ0) is 21.3. The number of allylic oxidation sites excluding steroid dienone is 3. The molecular weight excluding hydrogens is 397 g/mol. The van der Waals surface area contributed by atoms with Crippen LogP contribution in [0.1, 0.15) is 10.5 Å². The molecule has 158 valence electrons. The van der Waals surface area contributed by atoms with Crippen LogP contribution in [0.25, 0.3) is 5.69 Å². The second-order valence-electron chi connectivity index (χ2n) is 7.01. The second kappa shape index (κ2) is 7.86. The normalized spacial score (nSPS) is 17.2. The molecule has 2 aliphatic rings. The highest BCUT2D eigenvalue weighted by atomic mass is 19.4. The van der Waals surface area contributed by atoms with E-state index in [4.69, 9.17) is 5.73 Å². The van der Waals surface area contributed by atoms with E-state index in [0.717, 1.165) is 42.8 Å². The monoisotopic (exact) mass is 418 g/mol. The van der Waals surface area contributed by atoms with E-state index in [-0.39, 0.29) is 17.9 Å². The summed E-state index contributed by atoms with van der Waals surface area (Å²) in [6.45, 7) is 3.56. The molecule has 4 rings (SSSR count). The Labute approximate surface area is 171 Å². The van der Waals surface area contributed by atoms with Crippen LogP contribution in [0.5, 0.6) is 0 Å². The van der Waals surface area contributed by atoms with Gasteiger partial charge in [-0.3, -0.25) is 4.79 Å². The lowest BCUT2D eigenvalue weighted by molar-refractivity contribution is -0.0933. The zero-order valence-corrected chi connectivity index (χ0v) is 16.1. The van der Waals surface area contributed by atoms with Crippen LogP contribution in [0.4, 0.5) is 24.5 Å². The van der Waals surface area contributed by atoms with E-state index >= 15 is 0 Å². The number of benzene rings is 1. The van der Waals surface area contributed by atoms with Crippen LogP contribution < -0.4 is 20.9 Å². The van der Waals surface area contributed by atoms with Gasteiger partial charge in [-0.25, -0.2) is 4.68 Å². The lowest BCUT2D eigenvalue weighted by Crippen LogP contribution is -2.43. The highest BCUT2D eigenvalue weighted by Gasteiger charge is 2.40. The van der Waals surface area contributed by atoms with Crippen molar-refractivity contribution in [2.24, 2.45) is 5.73 Å². The van der Waals surface area contributed by atoms with Crippen molar-refractivity contribution in [1.82, 2.24) is 15.1 Å². The molecule has 2 aliphatic heterocycles. The summed E-state index contributed by atoms with van der Waals surface area (Å²) >= 11 is 0. The molecule has 30 heavy (non-hydrogen) atoms. The third-order valence-electron chi connectivity index (χ3n) is 5.07. The molecule has 1 saturated heterocycles. The number of nitrogens with two attached hydrogens (primary N) is 1. The number of carbonyl (C=O) groups is 1. The standard InChI is InChI=1S/C20H21F3N6O/c21-20(22,23)17-3-1-2-10-28(17)16-13-29(26-18(16)19(24)30)15-6-4-14(5-7-15)27-11-8-25-9-12-27/h1-7,13,25H,8-12H2,(H2,24,30). The summed E-state index contributed by atoms with van der Waals surface area (Å²) < 4.78 is 41.8. The number of aromatic nitrogens is 2. The minimum atomic E-state index is -4.58. The van der Waals surface area contributed by atoms with Crippen LogP contribution in [-0.2, 0) is 0 Å². The van der Waals surface area contributed by atoms with Gasteiger partial charge >= 0.3 is 6.18 Å². The van der Waals surface area contributed by atoms with E-state index in [9.17, 15) is 18.0 Å². The first kappa shape index (κ1) is 20.0. The number of alkyl halides is 3. The Morgan fingerprint density at radius 3 is 2.40 bits per heavy atom. The molecule has 3 N–H and O–H groups in total. The van der Waals surface area contributed by atoms with Gasteiger partial charge < -0.3 is 20.9 Å². The molecule has 0 spiro atoms. The number of rotatable bonds is 4. The Hall–Kier alpha value is -3.27. The van der Waals surface area contributed by atoms with Crippen molar-refractivity contribution >= 4 is 17.3 Å². The summed E-state index contributed by atoms with van der Waals surface area (Å²) in [5.41, 5.74) is 6.01. The lowest BCUT2D eigenvalue weighted by atomic mass is 10.2. The second-order valence-corrected chi connectivity index (χ2v) is 7.01. The van der Waals surface area contributed by atoms with Crippen LogP contribution in [0, 0.1) is 0 Å². The number of piperazine rings is 1. The summed E-state index contributed by atoms with van der Waals surface area (Å²) in [7, 11) is 0. The Morgan fingerprint density at radius 2 is 1.77 bits per heavy atom. The highest BCUT2D eigenvalue weighted by Crippen LogP contribution is 2.35. The number of nitrogens with zero attached hydrogens (tertiary/aromatic N) is 4. The molecule has 1 aromatic heterocycles. The van der Waals surface area contributed by atoms with E-state index in [0.29, 0.717) is 5.69 Å². The molecule has 3 heterocycles. The van der Waals surface area contributed by atoms with Crippen LogP contribution in [0.3, 0.4) is 0 Å². The van der Waals surface area contributed by atoms with Gasteiger partial charge in [-0.15, -0.1) is 0 Å². The van der Waals surface area contributed by atoms with Crippen molar-refractivity contribution in [3.63, 3.8) is 0 Å². The van der Waals surface area contributed by atoms with E-state index in [1.807, 2.05) is 24.3 Å². The predicted molar refractivity (Wildman–Crippen MR) is 108 cm³/mol. The van der Waals surface area contributed by atoms with Gasteiger partial charge in [0, 0.05) is 38.4 Å². The van der Waals surface area contributed by atoms with E-state index in [1.54, 1.807) is 6.08 Å². The first-order chi connectivity index (χ1) is 14.3. The van der Waals surface area contributed by atoms with Crippen molar-refractivity contribution in [1.29, 1.82) is 0 Å². The summed E-state index contributed by atoms with van der Waals surface area (Å²) in [4.78, 5) is 15.2. The minimum Gasteiger partial charge on any atom is -0.369 e. The smallest absolute Gasteiger partial charge is 0.369 e. The largest absolute Gasteiger partial charge is 0.431 e. The third kappa shape index (κ3) is 3.90. The van der Waals surface area contributed by atoms with E-state index < -0.39 is 17.8 Å². The Bertz CT molecular complexity index is 987. The Balaban J connectivity index is 1.67. The molecule has 0 aliphatic carbocycles. The molecule has 2 aromatic rings. The average molecular weight is 418 g/mol. The number of nitrogens with one attached hydrogen (secondary N) is 1. The molecule has 0 atom stereocenters. The van der Waals surface area contributed by atoms with Crippen molar-refractivity contribution in [3.8, 4) is 5.69 Å². The minimum absolute atomic E-state index is 0.0154. The topological polar surface area (TPSA) is 79.4 Å². The summed E-state index contributed by atoms with van der Waals surface area (Å²) in [5, 5.41) is 7.46. The van der Waals surface area contributed by atoms with Crippen molar-refractivity contribution in [2.45, 2.75) is 6.18 Å². The van der Waals surface area contributed by atoms with Crippen molar-refractivity contribution in [3.05, 3.63) is 60.1 Å². The van der Waals surface area contributed by atoms with Gasteiger partial charge in [0.05, 0.1) is 17.6 Å². The fraction of sp³-hybridized carbons (Fsp3) is 0.300. The van der Waals surface area contributed by atoms with Crippen LogP contribution in [0.15, 0.2) is 54.4 Å². The molecule has 0 unspecified atom stereocenters. The van der Waals surface area contributed by atoms with Gasteiger partial charge in [-0.1, -0.05) is 12.2 Å². The van der Waals surface area contributed by atoms with Gasteiger partial charge in [-0.2, -0.15) is 18.3 Å². The first-order valence-electron chi connectivity index (χ1n) is 9.52. The molecular formula is C20H21F3N6O. The maximum absolute atomic E-state index is 13.5. The number of hydrogen-bond donors (Lipinski definition) is 2. The van der Waals surface area contributed by atoms with Crippen LogP contribution in [-0.4, -0.2) is 54.6 Å². The lowest BCUT2D eigenvalue weighted by Gasteiger charge is -2.29. The fourth-order valence-electron chi connectivity index (χ4n) is 3.60. The first-order valence-corrected chi connectivity index (χ1v) is 9.52. The fourth-order valence-corrected chi connectivity index (χ4v) is 3.60. The van der Waals surface area contributed by atoms with Gasteiger partial charge in [-0.05, 0) is 30.3 Å². The molecule has 7 nitrogen and oxygen atoms in total. The van der Waals surface area contributed by atoms with Gasteiger partial charge in [0.2, 0.25) is 0 Å². The summed E-state index contributed by atoms with van der Waals surface area (Å²) in [6.07, 6.45) is 0.696. The molecule has 1 amide bonds. The maximum atomic E-state index is 13.5. The number of carbonyl (C=O) groups excluding carboxylic acids is 1. The quantitative estimate of drug-likeness (QED) is 0.796. The maximum Gasteiger partial charge on any atom is 0.431 e. The molecule has 1 aromatic carbocycles. The molecule has 0 saturated carbocycles. The SMILES string of the molecule is NC(=O)c1nn(-c2ccc(N3CCNCC3)cc2)cc1N1CC=CC=C1C(F)(F)F. The zero-order valence-electron chi connectivity index (χ0n) is 16.1. The number of hydrogen-bond acceptors (Lipinski definition) is 5. The van der Waals surface area contributed by atoms with Crippen molar-refractivity contribution < 1.29 is 18.0 Å². The van der Waals surface area contributed by atoms with E-state index in [1.165, 1.54) is 17.0 Å². The average Bonchev–Trinajstić information content (AvgIpc) is 3.20. The van der Waals surface area contributed by atoms with Crippen LogP contribution in [0.2, 0.25) is 0 Å². The predicted octanol–water partition coefficient (Wildman–Crippen LogP) is 2.20. The van der Waals surface area contributed by atoms with Crippen molar-refractivity contribution in [2.75, 3.05) is 42.5 Å². The Morgan fingerprint density at radius 1 is 1.10 bits per heavy atom. The molecule has 10 heteroatoms. The summed E-state index contributed by atoms with van der Waals surface area (Å²) in [5.74, 6) is -0.891. The molecule has 1 fully saturated rings. The number of halogens is 3. The number of anilines is 2. The Kier molecular flexibility index (Phi) is 5.25. The number of primary amides is 1. The van der Waals surface area contributed by atoms with Gasteiger partial charge in [0.25, 0.3) is 5.91 Å². The molecule has 0 radical (unpaired) electrons. The van der Waals surface area contributed by atoms with Gasteiger partial charge in [0.15, 0.2) is 5.69 Å². The third-order valence-corrected chi connectivity index (χ3v) is 5.07. The van der Waals surface area contributed by atoms with Crippen LogP contribution >= 0.6 is 0 Å². The number of amides is 1. The highest BCUT2D eigenvalue weighted by molar-refractivity contribution is 5.97. The van der Waals surface area contributed by atoms with E-state index in [2.05, 4.69) is 15.3 Å². The molecule has 0 bridgehead atoms. The van der Waals surface area contributed by atoms with Gasteiger partial charge in [0.1, 0.15) is 5.70 Å².